The number of methoxy groups -OCH3 is 2. The fourth-order valence-electron chi connectivity index (χ4n) is 3.91. The van der Waals surface area contributed by atoms with Crippen molar-refractivity contribution in [1.29, 1.82) is 0 Å². The molecule has 1 aliphatic rings. The van der Waals surface area contributed by atoms with E-state index in [1.807, 2.05) is 25.1 Å². The molecule has 1 saturated heterocycles. The van der Waals surface area contributed by atoms with E-state index in [-0.39, 0.29) is 23.3 Å². The van der Waals surface area contributed by atoms with Crippen molar-refractivity contribution in [1.82, 2.24) is 9.62 Å². The Bertz CT molecular complexity index is 1040. The number of amides is 1. The summed E-state index contributed by atoms with van der Waals surface area (Å²) in [5.41, 5.74) is 1.01. The normalized spacial score (nSPS) is 16.8. The highest BCUT2D eigenvalue weighted by Gasteiger charge is 2.33. The Balaban J connectivity index is 1.56. The third-order valence-corrected chi connectivity index (χ3v) is 7.57. The Morgan fingerprint density at radius 1 is 1.09 bits per heavy atom. The third-order valence-electron chi connectivity index (χ3n) is 5.69. The maximum atomic E-state index is 13.1. The summed E-state index contributed by atoms with van der Waals surface area (Å²) in [6, 6.07) is 12.0. The largest absolute Gasteiger partial charge is 0.494 e. The van der Waals surface area contributed by atoms with Crippen LogP contribution in [0.3, 0.4) is 0 Å². The van der Waals surface area contributed by atoms with Gasteiger partial charge in [0.15, 0.2) is 11.5 Å². The Hall–Kier alpha value is -2.78. The van der Waals surface area contributed by atoms with E-state index >= 15 is 0 Å². The number of piperidine rings is 1. The predicted octanol–water partition coefficient (Wildman–Crippen LogP) is 2.86. The molecule has 0 aliphatic carbocycles. The van der Waals surface area contributed by atoms with Crippen molar-refractivity contribution >= 4 is 15.9 Å². The standard InChI is InChI=1S/C24H32N2O6S/c1-4-32-20-8-10-21(11-9-20)33(28,29)26-15-5-6-19(17-26)24(27)25-14-13-18-7-12-22(30-2)23(16-18)31-3/h7-12,16,19H,4-6,13-15,17H2,1-3H3,(H,25,27). The molecule has 8 nitrogen and oxygen atoms in total. The van der Waals surface area contributed by atoms with E-state index in [9.17, 15) is 13.2 Å². The van der Waals surface area contributed by atoms with Crippen molar-refractivity contribution < 1.29 is 27.4 Å². The van der Waals surface area contributed by atoms with Gasteiger partial charge in [-0.25, -0.2) is 8.42 Å². The smallest absolute Gasteiger partial charge is 0.243 e. The quantitative estimate of drug-likeness (QED) is 0.567. The van der Waals surface area contributed by atoms with Gasteiger partial charge in [-0.2, -0.15) is 4.31 Å². The molecule has 9 heteroatoms. The minimum Gasteiger partial charge on any atom is -0.494 e. The first-order valence-corrected chi connectivity index (χ1v) is 12.5. The molecular weight excluding hydrogens is 444 g/mol. The van der Waals surface area contributed by atoms with Crippen LogP contribution in [0.25, 0.3) is 0 Å². The van der Waals surface area contributed by atoms with Crippen molar-refractivity contribution in [2.24, 2.45) is 5.92 Å². The molecule has 1 atom stereocenters. The van der Waals surface area contributed by atoms with Gasteiger partial charge >= 0.3 is 0 Å². The molecule has 0 radical (unpaired) electrons. The van der Waals surface area contributed by atoms with E-state index in [0.29, 0.717) is 56.2 Å². The van der Waals surface area contributed by atoms with E-state index in [1.165, 1.54) is 4.31 Å². The topological polar surface area (TPSA) is 94.2 Å². The van der Waals surface area contributed by atoms with Gasteiger partial charge in [-0.1, -0.05) is 6.07 Å². The number of carbonyl (C=O) groups excluding carboxylic acids is 1. The van der Waals surface area contributed by atoms with Crippen molar-refractivity contribution in [3.63, 3.8) is 0 Å². The SMILES string of the molecule is CCOc1ccc(S(=O)(=O)N2CCCC(C(=O)NCCc3ccc(OC)c(OC)c3)C2)cc1. The Kier molecular flexibility index (Phi) is 8.57. The van der Waals surface area contributed by atoms with Gasteiger partial charge in [0.25, 0.3) is 0 Å². The number of nitrogens with one attached hydrogen (secondary N) is 1. The minimum absolute atomic E-state index is 0.123. The molecule has 0 spiro atoms. The third kappa shape index (κ3) is 6.17. The van der Waals surface area contributed by atoms with Gasteiger partial charge in [0.2, 0.25) is 15.9 Å². The Labute approximate surface area is 195 Å². The average molecular weight is 477 g/mol. The van der Waals surface area contributed by atoms with Gasteiger partial charge in [-0.05, 0) is 68.1 Å². The number of nitrogens with zero attached hydrogens (tertiary/aromatic N) is 1. The van der Waals surface area contributed by atoms with Gasteiger partial charge in [0.05, 0.1) is 31.6 Å². The fraction of sp³-hybridized carbons (Fsp3) is 0.458. The van der Waals surface area contributed by atoms with Crippen molar-refractivity contribution in [3.05, 3.63) is 48.0 Å². The maximum Gasteiger partial charge on any atom is 0.243 e. The lowest BCUT2D eigenvalue weighted by Gasteiger charge is -2.31. The zero-order valence-corrected chi connectivity index (χ0v) is 20.2. The molecule has 1 aliphatic heterocycles. The molecule has 1 amide bonds. The zero-order valence-electron chi connectivity index (χ0n) is 19.4. The molecular formula is C24H32N2O6S. The lowest BCUT2D eigenvalue weighted by atomic mass is 9.99. The fourth-order valence-corrected chi connectivity index (χ4v) is 5.43. The highest BCUT2D eigenvalue weighted by Crippen LogP contribution is 2.28. The van der Waals surface area contributed by atoms with E-state index in [1.54, 1.807) is 38.5 Å². The van der Waals surface area contributed by atoms with Crippen LogP contribution in [0.5, 0.6) is 17.2 Å². The summed E-state index contributed by atoms with van der Waals surface area (Å²) in [6.07, 6.45) is 1.94. The molecule has 2 aromatic rings. The molecule has 0 saturated carbocycles. The molecule has 1 heterocycles. The van der Waals surface area contributed by atoms with E-state index in [2.05, 4.69) is 5.32 Å². The summed E-state index contributed by atoms with van der Waals surface area (Å²) in [7, 11) is -0.498. The first-order valence-electron chi connectivity index (χ1n) is 11.1. The number of ether oxygens (including phenoxy) is 3. The number of hydrogen-bond acceptors (Lipinski definition) is 6. The van der Waals surface area contributed by atoms with E-state index < -0.39 is 10.0 Å². The zero-order chi connectivity index (χ0) is 23.8. The molecule has 180 valence electrons. The first kappa shape index (κ1) is 24.9. The summed E-state index contributed by atoms with van der Waals surface area (Å²) >= 11 is 0. The monoisotopic (exact) mass is 476 g/mol. The molecule has 1 N–H and O–H groups in total. The second-order valence-electron chi connectivity index (χ2n) is 7.84. The van der Waals surface area contributed by atoms with Gasteiger partial charge in [0.1, 0.15) is 5.75 Å². The van der Waals surface area contributed by atoms with E-state index in [4.69, 9.17) is 14.2 Å². The van der Waals surface area contributed by atoms with Crippen LogP contribution in [0.4, 0.5) is 0 Å². The lowest BCUT2D eigenvalue weighted by molar-refractivity contribution is -0.126. The second kappa shape index (κ2) is 11.4. The van der Waals surface area contributed by atoms with Gasteiger partial charge in [0, 0.05) is 19.6 Å². The van der Waals surface area contributed by atoms with Crippen LogP contribution in [0.2, 0.25) is 0 Å². The van der Waals surface area contributed by atoms with Crippen molar-refractivity contribution in [3.8, 4) is 17.2 Å². The highest BCUT2D eigenvalue weighted by atomic mass is 32.2. The Morgan fingerprint density at radius 3 is 2.48 bits per heavy atom. The van der Waals surface area contributed by atoms with Crippen molar-refractivity contribution in [2.75, 3.05) is 40.5 Å². The van der Waals surface area contributed by atoms with Gasteiger partial charge < -0.3 is 19.5 Å². The minimum atomic E-state index is -3.67. The number of carbonyl (C=O) groups is 1. The number of benzene rings is 2. The molecule has 1 unspecified atom stereocenters. The molecule has 33 heavy (non-hydrogen) atoms. The molecule has 0 bridgehead atoms. The summed E-state index contributed by atoms with van der Waals surface area (Å²) in [6.45, 7) is 3.43. The number of sulfonamides is 1. The van der Waals surface area contributed by atoms with Crippen LogP contribution in [-0.2, 0) is 21.2 Å². The Morgan fingerprint density at radius 2 is 1.82 bits per heavy atom. The van der Waals surface area contributed by atoms with Gasteiger partial charge in [-0.15, -0.1) is 0 Å². The lowest BCUT2D eigenvalue weighted by Crippen LogP contribution is -2.45. The predicted molar refractivity (Wildman–Crippen MR) is 125 cm³/mol. The van der Waals surface area contributed by atoms with Crippen LogP contribution in [0, 0.1) is 5.92 Å². The summed E-state index contributed by atoms with van der Waals surface area (Å²) in [4.78, 5) is 13.0. The molecule has 3 rings (SSSR count). The summed E-state index contributed by atoms with van der Waals surface area (Å²) < 4.78 is 43.5. The number of rotatable bonds is 10. The first-order chi connectivity index (χ1) is 15.9. The van der Waals surface area contributed by atoms with Crippen LogP contribution < -0.4 is 19.5 Å². The van der Waals surface area contributed by atoms with E-state index in [0.717, 1.165) is 5.56 Å². The van der Waals surface area contributed by atoms with Crippen LogP contribution in [-0.4, -0.2) is 59.1 Å². The summed E-state index contributed by atoms with van der Waals surface area (Å²) in [5, 5.41) is 2.95. The highest BCUT2D eigenvalue weighted by molar-refractivity contribution is 7.89. The second-order valence-corrected chi connectivity index (χ2v) is 9.77. The van der Waals surface area contributed by atoms with Crippen LogP contribution in [0.1, 0.15) is 25.3 Å². The van der Waals surface area contributed by atoms with Crippen LogP contribution >= 0.6 is 0 Å². The summed E-state index contributed by atoms with van der Waals surface area (Å²) in [5.74, 6) is 1.43. The molecule has 2 aromatic carbocycles. The van der Waals surface area contributed by atoms with Crippen LogP contribution in [0.15, 0.2) is 47.4 Å². The maximum absolute atomic E-state index is 13.1. The molecule has 1 fully saturated rings. The average Bonchev–Trinajstić information content (AvgIpc) is 2.84. The number of hydrogen-bond donors (Lipinski definition) is 1. The van der Waals surface area contributed by atoms with Gasteiger partial charge in [-0.3, -0.25) is 4.79 Å². The van der Waals surface area contributed by atoms with Crippen molar-refractivity contribution in [2.45, 2.75) is 31.1 Å². The molecule has 0 aromatic heterocycles.